The van der Waals surface area contributed by atoms with Crippen LogP contribution >= 0.6 is 0 Å². The molecule has 0 unspecified atom stereocenters. The van der Waals surface area contributed by atoms with Crippen molar-refractivity contribution >= 4 is 22.0 Å². The number of benzene rings is 1. The van der Waals surface area contributed by atoms with Gasteiger partial charge in [0.1, 0.15) is 6.61 Å². The first kappa shape index (κ1) is 16.9. The highest BCUT2D eigenvalue weighted by molar-refractivity contribution is 7.89. The molecule has 128 valence electrons. The fourth-order valence-electron chi connectivity index (χ4n) is 2.92. The largest absolute Gasteiger partial charge is 0.476 e. The molecule has 1 saturated heterocycles. The quantitative estimate of drug-likeness (QED) is 0.770. The van der Waals surface area contributed by atoms with Gasteiger partial charge in [-0.1, -0.05) is 29.9 Å². The molecule has 6 heteroatoms. The highest BCUT2D eigenvalue weighted by atomic mass is 32.2. The maximum absolute atomic E-state index is 12.0. The summed E-state index contributed by atoms with van der Waals surface area (Å²) in [6.45, 7) is 5.99. The zero-order valence-corrected chi connectivity index (χ0v) is 14.5. The molecule has 0 spiro atoms. The molecule has 1 fully saturated rings. The van der Waals surface area contributed by atoms with Crippen LogP contribution in [0.15, 0.2) is 47.5 Å². The third-order valence-corrected chi connectivity index (χ3v) is 6.01. The predicted octanol–water partition coefficient (Wildman–Crippen LogP) is 2.46. The molecule has 2 aliphatic rings. The number of piperidine rings is 1. The minimum Gasteiger partial charge on any atom is -0.476 e. The van der Waals surface area contributed by atoms with E-state index in [1.54, 1.807) is 4.31 Å². The topological polar surface area (TPSA) is 59.0 Å². The van der Waals surface area contributed by atoms with Crippen LogP contribution in [0.2, 0.25) is 0 Å². The Morgan fingerprint density at radius 3 is 2.50 bits per heavy atom. The molecule has 2 aliphatic heterocycles. The van der Waals surface area contributed by atoms with E-state index in [2.05, 4.69) is 17.6 Å². The van der Waals surface area contributed by atoms with Gasteiger partial charge in [0.05, 0.1) is 12.3 Å². The van der Waals surface area contributed by atoms with Crippen LogP contribution in [-0.2, 0) is 14.8 Å². The standard InChI is InChI=1S/C18H22N2O3S/c1-2-13-24(21,22)20-10-7-16(8-11-20)14-15-3-5-17(6-4-15)18-19-9-12-23-18/h2-6,14H,1,7-13H2. The fraction of sp³-hybridized carbons (Fsp3) is 0.389. The van der Waals surface area contributed by atoms with Gasteiger partial charge in [-0.2, -0.15) is 0 Å². The Bertz CT molecular complexity index is 754. The lowest BCUT2D eigenvalue weighted by molar-refractivity contribution is 0.348. The van der Waals surface area contributed by atoms with Crippen molar-refractivity contribution in [3.63, 3.8) is 0 Å². The smallest absolute Gasteiger partial charge is 0.217 e. The van der Waals surface area contributed by atoms with Gasteiger partial charge in [-0.25, -0.2) is 17.7 Å². The normalized spacial score (nSPS) is 18.8. The molecular weight excluding hydrogens is 324 g/mol. The van der Waals surface area contributed by atoms with Gasteiger partial charge in [-0.05, 0) is 30.5 Å². The van der Waals surface area contributed by atoms with Gasteiger partial charge < -0.3 is 4.74 Å². The van der Waals surface area contributed by atoms with E-state index in [1.807, 2.05) is 24.3 Å². The summed E-state index contributed by atoms with van der Waals surface area (Å²) < 4.78 is 31.1. The van der Waals surface area contributed by atoms with Gasteiger partial charge >= 0.3 is 0 Å². The summed E-state index contributed by atoms with van der Waals surface area (Å²) in [5, 5.41) is 0. The van der Waals surface area contributed by atoms with Crippen molar-refractivity contribution in [2.45, 2.75) is 12.8 Å². The molecule has 5 nitrogen and oxygen atoms in total. The summed E-state index contributed by atoms with van der Waals surface area (Å²) in [5.74, 6) is 0.731. The second kappa shape index (κ2) is 7.32. The molecule has 1 aromatic rings. The molecule has 1 aromatic carbocycles. The van der Waals surface area contributed by atoms with Crippen molar-refractivity contribution in [3.8, 4) is 0 Å². The van der Waals surface area contributed by atoms with Crippen molar-refractivity contribution in [1.29, 1.82) is 0 Å². The second-order valence-electron chi connectivity index (χ2n) is 5.93. The van der Waals surface area contributed by atoms with Gasteiger partial charge in [0.2, 0.25) is 15.9 Å². The molecule has 0 atom stereocenters. The van der Waals surface area contributed by atoms with Crippen molar-refractivity contribution in [1.82, 2.24) is 4.31 Å². The fourth-order valence-corrected chi connectivity index (χ4v) is 4.17. The van der Waals surface area contributed by atoms with Crippen LogP contribution in [-0.4, -0.2) is 50.6 Å². The highest BCUT2D eigenvalue weighted by Crippen LogP contribution is 2.22. The molecular formula is C18H22N2O3S. The Kier molecular flexibility index (Phi) is 5.16. The van der Waals surface area contributed by atoms with Crippen LogP contribution in [0.4, 0.5) is 0 Å². The first-order valence-corrected chi connectivity index (χ1v) is 9.75. The summed E-state index contributed by atoms with van der Waals surface area (Å²) in [7, 11) is -3.18. The molecule has 2 heterocycles. The summed E-state index contributed by atoms with van der Waals surface area (Å²) >= 11 is 0. The number of sulfonamides is 1. The Morgan fingerprint density at radius 1 is 1.21 bits per heavy atom. The lowest BCUT2D eigenvalue weighted by Crippen LogP contribution is -2.37. The van der Waals surface area contributed by atoms with Gasteiger partial charge in [-0.15, -0.1) is 6.58 Å². The predicted molar refractivity (Wildman–Crippen MR) is 96.6 cm³/mol. The lowest BCUT2D eigenvalue weighted by atomic mass is 10.0. The average molecular weight is 346 g/mol. The van der Waals surface area contributed by atoms with Gasteiger partial charge in [0.25, 0.3) is 0 Å². The van der Waals surface area contributed by atoms with E-state index in [1.165, 1.54) is 11.6 Å². The third-order valence-electron chi connectivity index (χ3n) is 4.20. The molecule has 0 saturated carbocycles. The molecule has 0 amide bonds. The number of rotatable bonds is 5. The van der Waals surface area contributed by atoms with Crippen LogP contribution in [0.25, 0.3) is 6.08 Å². The van der Waals surface area contributed by atoms with E-state index in [-0.39, 0.29) is 5.75 Å². The SMILES string of the molecule is C=CCS(=O)(=O)N1CCC(=Cc2ccc(C3=NCCO3)cc2)CC1. The van der Waals surface area contributed by atoms with E-state index in [0.717, 1.165) is 36.4 Å². The lowest BCUT2D eigenvalue weighted by Gasteiger charge is -2.27. The van der Waals surface area contributed by atoms with Gasteiger partial charge in [-0.3, -0.25) is 0 Å². The monoisotopic (exact) mass is 346 g/mol. The van der Waals surface area contributed by atoms with Crippen LogP contribution < -0.4 is 0 Å². The van der Waals surface area contributed by atoms with Crippen molar-refractivity contribution < 1.29 is 13.2 Å². The van der Waals surface area contributed by atoms with Crippen LogP contribution in [0.5, 0.6) is 0 Å². The second-order valence-corrected chi connectivity index (χ2v) is 7.94. The number of aliphatic imine (C=N–C) groups is 1. The number of hydrogen-bond donors (Lipinski definition) is 0. The Labute approximate surface area is 143 Å². The zero-order valence-electron chi connectivity index (χ0n) is 13.6. The Hall–Kier alpha value is -1.92. The van der Waals surface area contributed by atoms with E-state index >= 15 is 0 Å². The zero-order chi connectivity index (χ0) is 17.0. The number of hydrogen-bond acceptors (Lipinski definition) is 4. The molecule has 0 aliphatic carbocycles. The Morgan fingerprint density at radius 2 is 1.92 bits per heavy atom. The van der Waals surface area contributed by atoms with E-state index in [4.69, 9.17) is 4.74 Å². The Balaban J connectivity index is 1.63. The first-order valence-electron chi connectivity index (χ1n) is 8.14. The average Bonchev–Trinajstić information content (AvgIpc) is 3.10. The maximum atomic E-state index is 12.0. The first-order chi connectivity index (χ1) is 11.6. The summed E-state index contributed by atoms with van der Waals surface area (Å²) in [6, 6.07) is 8.13. The summed E-state index contributed by atoms with van der Waals surface area (Å²) in [5.41, 5.74) is 3.40. The van der Waals surface area contributed by atoms with E-state index in [0.29, 0.717) is 19.7 Å². The van der Waals surface area contributed by atoms with Crippen LogP contribution in [0.1, 0.15) is 24.0 Å². The van der Waals surface area contributed by atoms with E-state index < -0.39 is 10.0 Å². The molecule has 0 bridgehead atoms. The summed E-state index contributed by atoms with van der Waals surface area (Å²) in [4.78, 5) is 4.31. The number of ether oxygens (including phenoxy) is 1. The molecule has 0 aromatic heterocycles. The van der Waals surface area contributed by atoms with Crippen molar-refractivity contribution in [2.24, 2.45) is 4.99 Å². The molecule has 0 N–H and O–H groups in total. The van der Waals surface area contributed by atoms with Gasteiger partial charge in [0, 0.05) is 18.7 Å². The van der Waals surface area contributed by atoms with Crippen molar-refractivity contribution in [3.05, 3.63) is 53.6 Å². The minimum atomic E-state index is -3.18. The maximum Gasteiger partial charge on any atom is 0.217 e. The van der Waals surface area contributed by atoms with Crippen molar-refractivity contribution in [2.75, 3.05) is 32.0 Å². The minimum absolute atomic E-state index is 0.0134. The summed E-state index contributed by atoms with van der Waals surface area (Å²) in [6.07, 6.45) is 5.14. The highest BCUT2D eigenvalue weighted by Gasteiger charge is 2.24. The molecule has 0 radical (unpaired) electrons. The molecule has 3 rings (SSSR count). The molecule has 24 heavy (non-hydrogen) atoms. The van der Waals surface area contributed by atoms with Crippen LogP contribution in [0, 0.1) is 0 Å². The van der Waals surface area contributed by atoms with Crippen LogP contribution in [0.3, 0.4) is 0 Å². The van der Waals surface area contributed by atoms with Gasteiger partial charge in [0.15, 0.2) is 0 Å². The third kappa shape index (κ3) is 3.94. The van der Waals surface area contributed by atoms with E-state index in [9.17, 15) is 8.42 Å². The number of nitrogens with zero attached hydrogens (tertiary/aromatic N) is 2.